The summed E-state index contributed by atoms with van der Waals surface area (Å²) in [7, 11) is 0. The van der Waals surface area contributed by atoms with Crippen molar-refractivity contribution in [2.75, 3.05) is 94.1 Å². The van der Waals surface area contributed by atoms with Gasteiger partial charge in [0, 0.05) is 56.2 Å². The Morgan fingerprint density at radius 3 is 1.20 bits per heavy atom. The van der Waals surface area contributed by atoms with Crippen molar-refractivity contribution in [1.29, 1.82) is 0 Å². The predicted molar refractivity (Wildman–Crippen MR) is 325 cm³/mol. The van der Waals surface area contributed by atoms with Gasteiger partial charge in [0.05, 0.1) is 54.3 Å². The van der Waals surface area contributed by atoms with E-state index >= 15 is 0 Å². The van der Waals surface area contributed by atoms with Gasteiger partial charge in [-0.05, 0) is 200 Å². The molecule has 7 N–H and O–H groups in total. The molecule has 4 aromatic rings. The van der Waals surface area contributed by atoms with Crippen molar-refractivity contribution in [3.8, 4) is 0 Å². The number of nitrogens with one attached hydrogen (secondary N) is 1. The van der Waals surface area contributed by atoms with E-state index in [9.17, 15) is 39.8 Å². The first-order chi connectivity index (χ1) is 40.4. The van der Waals surface area contributed by atoms with Gasteiger partial charge in [-0.25, -0.2) is 9.97 Å². The topological polar surface area (TPSA) is 252 Å². The second-order valence-corrected chi connectivity index (χ2v) is 27.1. The number of anilines is 3. The summed E-state index contributed by atoms with van der Waals surface area (Å²) < 4.78 is 0. The number of hydrogen-bond donors (Lipinski definition) is 6. The number of carbonyl (C=O) groups is 3. The maximum absolute atomic E-state index is 12.1. The molecule has 2 aromatic heterocycles. The first-order valence-corrected chi connectivity index (χ1v) is 31.3. The summed E-state index contributed by atoms with van der Waals surface area (Å²) in [5, 5.41) is 51.4. The lowest BCUT2D eigenvalue weighted by molar-refractivity contribution is -0.385. The Morgan fingerprint density at radius 2 is 0.869 bits per heavy atom. The number of nitrogen functional groups attached to an aromatic ring is 1. The number of carbonyl (C=O) groups excluding carboxylic acids is 3. The largest absolute Gasteiger partial charge is 0.397 e. The van der Waals surface area contributed by atoms with Crippen molar-refractivity contribution in [1.82, 2.24) is 25.1 Å². The Hall–Kier alpha value is -5.73. The van der Waals surface area contributed by atoms with Crippen molar-refractivity contribution in [3.05, 3.63) is 119 Å². The second kappa shape index (κ2) is 26.9. The first-order valence-electron chi connectivity index (χ1n) is 31.3. The smallest absolute Gasteiger partial charge is 0.287 e. The van der Waals surface area contributed by atoms with Gasteiger partial charge in [-0.1, -0.05) is 60.7 Å². The van der Waals surface area contributed by atoms with Gasteiger partial charge in [0.15, 0.2) is 11.6 Å². The van der Waals surface area contributed by atoms with Crippen LogP contribution in [-0.2, 0) is 4.79 Å². The van der Waals surface area contributed by atoms with Crippen molar-refractivity contribution < 1.29 is 39.7 Å². The molecule has 5 aliphatic carbocycles. The summed E-state index contributed by atoms with van der Waals surface area (Å²) in [5.41, 5.74) is 10.0. The fraction of sp³-hybridized carbons (Fsp3) is 0.621. The van der Waals surface area contributed by atoms with Gasteiger partial charge >= 0.3 is 0 Å². The standard InChI is InChI=1S/C16H21NO2.C16H19NO2.C13H17N3O3.C13H19N3O.C8H15NO/c2*18-14-10-16(11-14)6-8-17(9-7-16)12-15(19)13-4-2-1-3-5-13;17-11-7-13(8-11)3-5-15(6-4-13)12-2-1-10(9-14-12)16(18)19;14-10-1-2-12(15-9-10)16-5-3-13(4-6-16)7-11(17)8-13;10-7-5-8(6-7)1-3-9-4-2-8/h1-5,14,18H,6-12H2;1-5H,6-12H2;1-2,9,11,17H,3-8H2;1-2,9,11,17H,3-8,14H2;7,9-10H,1-6H2. The molecular weight excluding hydrogens is 1060 g/mol. The van der Waals surface area contributed by atoms with Crippen LogP contribution in [-0.4, -0.2) is 165 Å². The van der Waals surface area contributed by atoms with Gasteiger partial charge in [-0.2, -0.15) is 0 Å². The Kier molecular flexibility index (Phi) is 19.6. The van der Waals surface area contributed by atoms with Crippen molar-refractivity contribution in [3.63, 3.8) is 0 Å². The van der Waals surface area contributed by atoms with Gasteiger partial charge in [0.25, 0.3) is 5.69 Å². The molecule has 5 saturated carbocycles. The number of ketones is 3. The lowest BCUT2D eigenvalue weighted by Gasteiger charge is -2.50. The molecule has 10 aliphatic rings. The highest BCUT2D eigenvalue weighted by molar-refractivity contribution is 5.98. The van der Waals surface area contributed by atoms with E-state index in [1.807, 2.05) is 72.8 Å². The number of likely N-dealkylation sites (tertiary alicyclic amines) is 2. The third kappa shape index (κ3) is 15.6. The number of aliphatic hydroxyl groups excluding tert-OH is 4. The zero-order chi connectivity index (χ0) is 59.0. The molecule has 0 amide bonds. The van der Waals surface area contributed by atoms with Crippen molar-refractivity contribution in [2.45, 2.75) is 153 Å². The van der Waals surface area contributed by atoms with Crippen LogP contribution in [0.4, 0.5) is 23.0 Å². The van der Waals surface area contributed by atoms with E-state index < -0.39 is 4.92 Å². The van der Waals surface area contributed by atoms with Crippen LogP contribution in [0, 0.1) is 37.2 Å². The summed E-state index contributed by atoms with van der Waals surface area (Å²) in [4.78, 5) is 63.0. The fourth-order valence-electron chi connectivity index (χ4n) is 15.4. The second-order valence-electron chi connectivity index (χ2n) is 27.1. The molecule has 10 fully saturated rings. The highest BCUT2D eigenvalue weighted by Crippen LogP contribution is 2.52. The molecule has 14 rings (SSSR count). The molecule has 2 aromatic carbocycles. The van der Waals surface area contributed by atoms with E-state index in [2.05, 4.69) is 34.9 Å². The molecule has 18 nitrogen and oxygen atoms in total. The van der Waals surface area contributed by atoms with E-state index in [0.717, 1.165) is 191 Å². The molecular formula is C66H91N9O9. The molecule has 5 spiro atoms. The number of aliphatic hydroxyl groups is 4. The van der Waals surface area contributed by atoms with Gasteiger partial charge in [0.2, 0.25) is 0 Å². The monoisotopic (exact) mass is 1150 g/mol. The SMILES string of the molecule is Nc1ccc(N2CCC3(CC2)CC(O)C3)nc1.O=C(CN1CCC2(CC1)CC(O)C2)c1ccccc1.O=C1CC2(CCN(CC(=O)c3ccccc3)CC2)C1.O=[N+]([O-])c1ccc(N2CCC3(CC2)CC(O)C3)nc1.OC1CC2(CCNCC2)C1. The molecule has 5 aliphatic heterocycles. The molecule has 5 saturated heterocycles. The quantitative estimate of drug-likeness (QED) is 0.0526. The summed E-state index contributed by atoms with van der Waals surface area (Å²) in [6.45, 7) is 11.2. The maximum atomic E-state index is 12.1. The number of nitrogens with zero attached hydrogens (tertiary/aromatic N) is 7. The normalized spacial score (nSPS) is 24.6. The number of nitrogens with two attached hydrogens (primary N) is 1. The van der Waals surface area contributed by atoms with Crippen molar-refractivity contribution >= 4 is 40.4 Å². The number of piperidine rings is 5. The molecule has 84 heavy (non-hydrogen) atoms. The number of aromatic nitrogens is 2. The van der Waals surface area contributed by atoms with E-state index in [1.165, 1.54) is 37.9 Å². The predicted octanol–water partition coefficient (Wildman–Crippen LogP) is 8.07. The van der Waals surface area contributed by atoms with Crippen LogP contribution in [0.15, 0.2) is 97.3 Å². The third-order valence-corrected chi connectivity index (χ3v) is 20.9. The average molecular weight is 1150 g/mol. The zero-order valence-electron chi connectivity index (χ0n) is 49.2. The number of Topliss-reactive ketones (excluding diaryl/α,β-unsaturated/α-hetero) is 3. The van der Waals surface area contributed by atoms with E-state index in [1.54, 1.807) is 12.3 Å². The Balaban J connectivity index is 0.000000118. The Labute approximate surface area is 495 Å². The summed E-state index contributed by atoms with van der Waals surface area (Å²) in [6, 6.07) is 26.1. The molecule has 0 radical (unpaired) electrons. The number of rotatable bonds is 9. The van der Waals surface area contributed by atoms with Crippen LogP contribution in [0.5, 0.6) is 0 Å². The number of benzene rings is 2. The summed E-state index contributed by atoms with van der Waals surface area (Å²) in [5.74, 6) is 2.65. The first kappa shape index (κ1) is 61.4. The number of pyridine rings is 2. The number of hydrogen-bond acceptors (Lipinski definition) is 17. The van der Waals surface area contributed by atoms with E-state index in [0.29, 0.717) is 51.6 Å². The molecule has 0 unspecified atom stereocenters. The van der Waals surface area contributed by atoms with Crippen molar-refractivity contribution in [2.24, 2.45) is 27.1 Å². The van der Waals surface area contributed by atoms with Gasteiger partial charge in [-0.3, -0.25) is 34.3 Å². The van der Waals surface area contributed by atoms with Crippen LogP contribution < -0.4 is 20.9 Å². The fourth-order valence-corrected chi connectivity index (χ4v) is 15.4. The highest BCUT2D eigenvalue weighted by Gasteiger charge is 2.49. The molecule has 18 heteroatoms. The average Bonchev–Trinajstić information content (AvgIpc) is 3.65. The van der Waals surface area contributed by atoms with Gasteiger partial charge in [0.1, 0.15) is 23.6 Å². The third-order valence-electron chi connectivity index (χ3n) is 20.9. The van der Waals surface area contributed by atoms with Gasteiger partial charge in [-0.15, -0.1) is 0 Å². The zero-order valence-corrected chi connectivity index (χ0v) is 49.2. The van der Waals surface area contributed by atoms with Crippen LogP contribution >= 0.6 is 0 Å². The number of nitro groups is 1. The molecule has 454 valence electrons. The highest BCUT2D eigenvalue weighted by atomic mass is 16.6. The van der Waals surface area contributed by atoms with Gasteiger partial charge < -0.3 is 41.3 Å². The van der Waals surface area contributed by atoms with Crippen LogP contribution in [0.3, 0.4) is 0 Å². The summed E-state index contributed by atoms with van der Waals surface area (Å²) >= 11 is 0. The lowest BCUT2D eigenvalue weighted by Crippen LogP contribution is -2.49. The van der Waals surface area contributed by atoms with Crippen LogP contribution in [0.1, 0.15) is 149 Å². The minimum atomic E-state index is -0.433. The maximum Gasteiger partial charge on any atom is 0.287 e. The van der Waals surface area contributed by atoms with Crippen LogP contribution in [0.2, 0.25) is 0 Å². The minimum Gasteiger partial charge on any atom is -0.397 e. The Morgan fingerprint density at radius 1 is 0.512 bits per heavy atom. The molecule has 7 heterocycles. The summed E-state index contributed by atoms with van der Waals surface area (Å²) in [6.07, 6.45) is 23.7. The minimum absolute atomic E-state index is 0.0260. The lowest BCUT2D eigenvalue weighted by atomic mass is 9.61. The Bertz CT molecular complexity index is 2760. The molecule has 0 bridgehead atoms. The van der Waals surface area contributed by atoms with Crippen LogP contribution in [0.25, 0.3) is 0 Å². The molecule has 0 atom stereocenters. The van der Waals surface area contributed by atoms with E-state index in [-0.39, 0.29) is 41.7 Å². The van der Waals surface area contributed by atoms with E-state index in [4.69, 9.17) is 10.8 Å².